The number of hydrogen-bond acceptors (Lipinski definition) is 4. The van der Waals surface area contributed by atoms with Crippen molar-refractivity contribution in [1.29, 1.82) is 0 Å². The first-order chi connectivity index (χ1) is 11.5. The zero-order valence-corrected chi connectivity index (χ0v) is 13.7. The summed E-state index contributed by atoms with van der Waals surface area (Å²) in [6.45, 7) is -0.322. The summed E-state index contributed by atoms with van der Waals surface area (Å²) in [7, 11) is 0. The number of halogens is 1. The summed E-state index contributed by atoms with van der Waals surface area (Å²) in [6, 6.07) is 6.70. The van der Waals surface area contributed by atoms with Gasteiger partial charge in [-0.25, -0.2) is 0 Å². The molecule has 0 unspecified atom stereocenters. The van der Waals surface area contributed by atoms with Crippen LogP contribution in [0.15, 0.2) is 24.3 Å². The molecule has 2 atom stereocenters. The Balaban J connectivity index is 1.79. The average Bonchev–Trinajstić information content (AvgIpc) is 2.59. The maximum Gasteiger partial charge on any atom is 0.307 e. The van der Waals surface area contributed by atoms with Crippen molar-refractivity contribution in [2.45, 2.75) is 25.7 Å². The van der Waals surface area contributed by atoms with E-state index in [1.54, 1.807) is 24.3 Å². The monoisotopic (exact) mass is 354 g/mol. The highest BCUT2D eigenvalue weighted by molar-refractivity contribution is 6.32. The molecule has 2 rings (SSSR count). The number of para-hydroxylation sites is 1. The first-order valence-electron chi connectivity index (χ1n) is 7.68. The zero-order chi connectivity index (χ0) is 17.5. The summed E-state index contributed by atoms with van der Waals surface area (Å²) >= 11 is 5.90. The smallest absolute Gasteiger partial charge is 0.307 e. The lowest BCUT2D eigenvalue weighted by molar-refractivity contribution is -0.149. The van der Waals surface area contributed by atoms with E-state index in [4.69, 9.17) is 16.3 Å². The van der Waals surface area contributed by atoms with E-state index in [1.807, 2.05) is 0 Å². The fraction of sp³-hybridized carbons (Fsp3) is 0.438. The fourth-order valence-electron chi connectivity index (χ4n) is 2.71. The number of nitrogens with one attached hydrogen (secondary N) is 2. The van der Waals surface area contributed by atoms with Gasteiger partial charge in [0.05, 0.1) is 16.9 Å². The van der Waals surface area contributed by atoms with Crippen LogP contribution in [0.3, 0.4) is 0 Å². The number of hydrazine groups is 1. The van der Waals surface area contributed by atoms with Crippen molar-refractivity contribution < 1.29 is 24.2 Å². The van der Waals surface area contributed by atoms with Crippen LogP contribution in [0.25, 0.3) is 0 Å². The van der Waals surface area contributed by atoms with Gasteiger partial charge in [-0.15, -0.1) is 0 Å². The number of carboxylic acids is 1. The van der Waals surface area contributed by atoms with Gasteiger partial charge >= 0.3 is 5.97 Å². The molecule has 0 spiro atoms. The van der Waals surface area contributed by atoms with Gasteiger partial charge in [0.2, 0.25) is 5.91 Å². The largest absolute Gasteiger partial charge is 0.482 e. The van der Waals surface area contributed by atoms with Crippen LogP contribution in [0.1, 0.15) is 25.7 Å². The number of carbonyl (C=O) groups is 3. The summed E-state index contributed by atoms with van der Waals surface area (Å²) < 4.78 is 5.25. The number of carbonyl (C=O) groups excluding carboxylic acids is 2. The minimum atomic E-state index is -0.983. The molecule has 0 bridgehead atoms. The molecule has 0 aromatic heterocycles. The number of carboxylic acid groups (broad SMARTS) is 1. The quantitative estimate of drug-likeness (QED) is 0.699. The Morgan fingerprint density at radius 3 is 2.46 bits per heavy atom. The number of hydrogen-bond donors (Lipinski definition) is 3. The Morgan fingerprint density at radius 2 is 1.79 bits per heavy atom. The van der Waals surface area contributed by atoms with Gasteiger partial charge in [-0.1, -0.05) is 36.6 Å². The van der Waals surface area contributed by atoms with E-state index in [-0.39, 0.29) is 6.61 Å². The molecule has 1 aliphatic carbocycles. The van der Waals surface area contributed by atoms with Crippen LogP contribution in [0.5, 0.6) is 5.75 Å². The second-order valence-corrected chi connectivity index (χ2v) is 6.00. The highest BCUT2D eigenvalue weighted by Crippen LogP contribution is 2.30. The van der Waals surface area contributed by atoms with Gasteiger partial charge in [0.15, 0.2) is 6.61 Å². The van der Waals surface area contributed by atoms with Crippen LogP contribution < -0.4 is 15.6 Å². The van der Waals surface area contributed by atoms with Gasteiger partial charge < -0.3 is 9.84 Å². The van der Waals surface area contributed by atoms with E-state index in [9.17, 15) is 19.5 Å². The Morgan fingerprint density at radius 1 is 1.12 bits per heavy atom. The molecule has 0 aliphatic heterocycles. The van der Waals surface area contributed by atoms with Gasteiger partial charge in [0.1, 0.15) is 5.75 Å². The first-order valence-corrected chi connectivity index (χ1v) is 8.05. The van der Waals surface area contributed by atoms with Gasteiger partial charge in [-0.05, 0) is 25.0 Å². The minimum absolute atomic E-state index is 0.322. The molecular weight excluding hydrogens is 336 g/mol. The molecule has 24 heavy (non-hydrogen) atoms. The van der Waals surface area contributed by atoms with Gasteiger partial charge in [0, 0.05) is 0 Å². The highest BCUT2D eigenvalue weighted by Gasteiger charge is 2.35. The molecule has 7 nitrogen and oxygen atoms in total. The highest BCUT2D eigenvalue weighted by atomic mass is 35.5. The van der Waals surface area contributed by atoms with E-state index in [0.717, 1.165) is 12.8 Å². The van der Waals surface area contributed by atoms with Crippen molar-refractivity contribution in [3.8, 4) is 5.75 Å². The molecule has 2 amide bonds. The number of rotatable bonds is 5. The standard InChI is InChI=1S/C16H19ClN2O5/c17-12-7-3-4-8-13(12)24-9-14(20)18-19-15(21)10-5-1-2-6-11(10)16(22)23/h3-4,7-8,10-11H,1-2,5-6,9H2,(H,18,20)(H,19,21)(H,22,23)/t10-,11-/m1/s1. The lowest BCUT2D eigenvalue weighted by Crippen LogP contribution is -2.49. The molecular formula is C16H19ClN2O5. The lowest BCUT2D eigenvalue weighted by atomic mass is 9.79. The van der Waals surface area contributed by atoms with E-state index < -0.39 is 29.6 Å². The third kappa shape index (κ3) is 4.86. The van der Waals surface area contributed by atoms with E-state index >= 15 is 0 Å². The van der Waals surface area contributed by atoms with Crippen molar-refractivity contribution in [1.82, 2.24) is 10.9 Å². The maximum atomic E-state index is 12.1. The van der Waals surface area contributed by atoms with Crippen LogP contribution in [0.4, 0.5) is 0 Å². The molecule has 3 N–H and O–H groups in total. The minimum Gasteiger partial charge on any atom is -0.482 e. The van der Waals surface area contributed by atoms with Crippen LogP contribution in [0, 0.1) is 11.8 Å². The molecule has 0 heterocycles. The topological polar surface area (TPSA) is 105 Å². The third-order valence-corrected chi connectivity index (χ3v) is 4.25. The van der Waals surface area contributed by atoms with Crippen LogP contribution >= 0.6 is 11.6 Å². The average molecular weight is 355 g/mol. The second kappa shape index (κ2) is 8.54. The summed E-state index contributed by atoms with van der Waals surface area (Å²) in [4.78, 5) is 35.0. The normalized spacial score (nSPS) is 20.0. The molecule has 1 aliphatic rings. The molecule has 130 valence electrons. The Bertz CT molecular complexity index is 622. The number of ether oxygens (including phenoxy) is 1. The molecule has 0 saturated heterocycles. The van der Waals surface area contributed by atoms with Crippen molar-refractivity contribution in [2.75, 3.05) is 6.61 Å². The first kappa shape index (κ1) is 18.1. The van der Waals surface area contributed by atoms with Crippen molar-refractivity contribution in [3.63, 3.8) is 0 Å². The summed E-state index contributed by atoms with van der Waals surface area (Å²) in [5, 5.41) is 9.55. The molecule has 1 saturated carbocycles. The number of aliphatic carboxylic acids is 1. The van der Waals surface area contributed by atoms with Crippen LogP contribution in [-0.4, -0.2) is 29.5 Å². The lowest BCUT2D eigenvalue weighted by Gasteiger charge is -2.27. The number of amides is 2. The molecule has 0 radical (unpaired) electrons. The maximum absolute atomic E-state index is 12.1. The summed E-state index contributed by atoms with van der Waals surface area (Å²) in [5.74, 6) is -3.03. The Hall–Kier alpha value is -2.28. The van der Waals surface area contributed by atoms with Crippen LogP contribution in [0.2, 0.25) is 5.02 Å². The van der Waals surface area contributed by atoms with Crippen molar-refractivity contribution >= 4 is 29.4 Å². The Labute approximate surface area is 144 Å². The molecule has 1 aromatic carbocycles. The van der Waals surface area contributed by atoms with Crippen molar-refractivity contribution in [2.24, 2.45) is 11.8 Å². The molecule has 8 heteroatoms. The SMILES string of the molecule is O=C(COc1ccccc1Cl)NNC(=O)[C@@H]1CCCC[C@H]1C(=O)O. The van der Waals surface area contributed by atoms with Crippen LogP contribution in [-0.2, 0) is 14.4 Å². The summed E-state index contributed by atoms with van der Waals surface area (Å²) in [5.41, 5.74) is 4.50. The summed E-state index contributed by atoms with van der Waals surface area (Å²) in [6.07, 6.45) is 2.55. The molecule has 1 fully saturated rings. The van der Waals surface area contributed by atoms with Crippen molar-refractivity contribution in [3.05, 3.63) is 29.3 Å². The second-order valence-electron chi connectivity index (χ2n) is 5.59. The predicted molar refractivity (Wildman–Crippen MR) is 86.3 cm³/mol. The Kier molecular flexibility index (Phi) is 6.43. The number of benzene rings is 1. The van der Waals surface area contributed by atoms with Gasteiger partial charge in [-0.2, -0.15) is 0 Å². The van der Waals surface area contributed by atoms with Gasteiger partial charge in [0.25, 0.3) is 5.91 Å². The molecule has 1 aromatic rings. The fourth-order valence-corrected chi connectivity index (χ4v) is 2.90. The van der Waals surface area contributed by atoms with E-state index in [2.05, 4.69) is 10.9 Å². The predicted octanol–water partition coefficient (Wildman–Crippen LogP) is 1.76. The van der Waals surface area contributed by atoms with Gasteiger partial charge in [-0.3, -0.25) is 25.2 Å². The van der Waals surface area contributed by atoms with E-state index in [0.29, 0.717) is 23.6 Å². The van der Waals surface area contributed by atoms with E-state index in [1.165, 1.54) is 0 Å². The zero-order valence-electron chi connectivity index (χ0n) is 13.0. The third-order valence-electron chi connectivity index (χ3n) is 3.94.